The molecule has 5 N–H and O–H groups in total. The number of anilines is 1. The van der Waals surface area contributed by atoms with Crippen LogP contribution in [0.1, 0.15) is 20.1 Å². The van der Waals surface area contributed by atoms with Crippen LogP contribution < -0.4 is 11.3 Å². The Kier molecular flexibility index (Phi) is 4.81. The lowest BCUT2D eigenvalue weighted by atomic mass is 10.5. The molecule has 0 aromatic carbocycles. The molecule has 2 aromatic heterocycles. The molecule has 0 saturated heterocycles. The van der Waals surface area contributed by atoms with Gasteiger partial charge in [0.25, 0.3) is 15.7 Å². The van der Waals surface area contributed by atoms with Crippen LogP contribution in [-0.2, 0) is 10.1 Å². The van der Waals surface area contributed by atoms with Crippen LogP contribution in [0.5, 0.6) is 0 Å². The van der Waals surface area contributed by atoms with Crippen molar-refractivity contribution in [2.75, 3.05) is 11.5 Å². The van der Waals surface area contributed by atoms with Gasteiger partial charge in [-0.2, -0.15) is 13.4 Å². The van der Waals surface area contributed by atoms with Gasteiger partial charge in [0.05, 0.1) is 12.1 Å². The molecule has 0 amide bonds. The molecule has 2 rings (SSSR count). The fourth-order valence-electron chi connectivity index (χ4n) is 1.28. The van der Waals surface area contributed by atoms with Crippen molar-refractivity contribution in [3.63, 3.8) is 0 Å². The van der Waals surface area contributed by atoms with Crippen LogP contribution in [0, 0.1) is 0 Å². The maximum absolute atomic E-state index is 11.7. The van der Waals surface area contributed by atoms with Crippen molar-refractivity contribution < 1.29 is 18.1 Å². The molecule has 0 aliphatic carbocycles. The number of aromatic amines is 1. The van der Waals surface area contributed by atoms with E-state index in [0.717, 1.165) is 4.57 Å². The van der Waals surface area contributed by atoms with Crippen LogP contribution >= 0.6 is 0 Å². The predicted octanol–water partition coefficient (Wildman–Crippen LogP) is -0.893. The Morgan fingerprint density at radius 2 is 2.10 bits per heavy atom. The number of nitrogens with one attached hydrogen (secondary N) is 1. The number of nitrogens with two attached hydrogens (primary N) is 1. The van der Waals surface area contributed by atoms with Crippen molar-refractivity contribution in [2.45, 2.75) is 20.1 Å². The Balaban J connectivity index is 0.000000286. The standard InChI is InChI=1S/C7H9N5O2.C2H6O3S/c1-3(13)12-6(14)4-5(10-2-9-4)11-7(12)8;1-2-6(3,4)5/h2-3,13H,1H3,(H2,8,11)(H,9,10);2H2,1H3,(H,3,4,5). The molecule has 112 valence electrons. The van der Waals surface area contributed by atoms with Crippen LogP contribution in [0.25, 0.3) is 11.2 Å². The average Bonchev–Trinajstić information content (AvgIpc) is 2.76. The Hall–Kier alpha value is -1.98. The number of hydrogen-bond donors (Lipinski definition) is 4. The van der Waals surface area contributed by atoms with Gasteiger partial charge in [0.1, 0.15) is 6.23 Å². The third-order valence-electron chi connectivity index (χ3n) is 2.26. The van der Waals surface area contributed by atoms with Crippen LogP contribution in [0.2, 0.25) is 0 Å². The number of hydrogen-bond acceptors (Lipinski definition) is 7. The van der Waals surface area contributed by atoms with Gasteiger partial charge < -0.3 is 15.8 Å². The lowest BCUT2D eigenvalue weighted by Crippen LogP contribution is -2.27. The number of aliphatic hydroxyl groups is 1. The van der Waals surface area contributed by atoms with E-state index in [-0.39, 0.29) is 22.9 Å². The molecular formula is C9H15N5O5S. The van der Waals surface area contributed by atoms with Crippen molar-refractivity contribution in [1.82, 2.24) is 19.5 Å². The molecule has 0 fully saturated rings. The summed E-state index contributed by atoms with van der Waals surface area (Å²) >= 11 is 0. The minimum atomic E-state index is -3.66. The molecule has 0 spiro atoms. The third-order valence-corrected chi connectivity index (χ3v) is 2.99. The molecule has 1 atom stereocenters. The topological polar surface area (TPSA) is 164 Å². The Bertz CT molecular complexity index is 748. The van der Waals surface area contributed by atoms with Gasteiger partial charge in [-0.1, -0.05) is 0 Å². The summed E-state index contributed by atoms with van der Waals surface area (Å²) in [5.41, 5.74) is 5.55. The fraction of sp³-hybridized carbons (Fsp3) is 0.444. The van der Waals surface area contributed by atoms with E-state index < -0.39 is 21.9 Å². The monoisotopic (exact) mass is 305 g/mol. The number of nitrogens with zero attached hydrogens (tertiary/aromatic N) is 3. The highest BCUT2D eigenvalue weighted by Crippen LogP contribution is 2.07. The first-order chi connectivity index (χ1) is 9.17. The summed E-state index contributed by atoms with van der Waals surface area (Å²) in [6.07, 6.45) is 0.341. The van der Waals surface area contributed by atoms with E-state index in [1.54, 1.807) is 0 Å². The average molecular weight is 305 g/mol. The van der Waals surface area contributed by atoms with Gasteiger partial charge in [0.2, 0.25) is 5.95 Å². The number of imidazole rings is 1. The normalized spacial score (nSPS) is 12.8. The first-order valence-electron chi connectivity index (χ1n) is 5.51. The van der Waals surface area contributed by atoms with Gasteiger partial charge in [0.15, 0.2) is 11.2 Å². The quantitative estimate of drug-likeness (QED) is 0.518. The SMILES string of the molecule is CC(O)n1c(N)nc2nc[nH]c2c1=O.CCS(=O)(=O)O. The molecule has 2 heterocycles. The molecule has 2 aromatic rings. The van der Waals surface area contributed by atoms with E-state index in [1.807, 2.05) is 0 Å². The van der Waals surface area contributed by atoms with Gasteiger partial charge in [-0.05, 0) is 13.8 Å². The first-order valence-corrected chi connectivity index (χ1v) is 7.12. The molecule has 0 aliphatic heterocycles. The number of fused-ring (bicyclic) bond motifs is 1. The number of nitrogen functional groups attached to an aromatic ring is 1. The van der Waals surface area contributed by atoms with Crippen LogP contribution in [0.4, 0.5) is 5.95 Å². The zero-order valence-electron chi connectivity index (χ0n) is 10.8. The number of rotatable bonds is 2. The van der Waals surface area contributed by atoms with E-state index in [9.17, 15) is 18.3 Å². The van der Waals surface area contributed by atoms with E-state index in [2.05, 4.69) is 15.0 Å². The van der Waals surface area contributed by atoms with Gasteiger partial charge >= 0.3 is 0 Å². The second kappa shape index (κ2) is 5.98. The Morgan fingerprint density at radius 1 is 1.55 bits per heavy atom. The third kappa shape index (κ3) is 3.76. The summed E-state index contributed by atoms with van der Waals surface area (Å²) in [4.78, 5) is 22.0. The molecule has 0 radical (unpaired) electrons. The summed E-state index contributed by atoms with van der Waals surface area (Å²) < 4.78 is 27.9. The maximum atomic E-state index is 11.7. The molecule has 11 heteroatoms. The van der Waals surface area contributed by atoms with Crippen molar-refractivity contribution in [3.8, 4) is 0 Å². The minimum Gasteiger partial charge on any atom is -0.373 e. The molecule has 1 unspecified atom stereocenters. The van der Waals surface area contributed by atoms with Crippen molar-refractivity contribution in [3.05, 3.63) is 16.7 Å². The first kappa shape index (κ1) is 16.1. The second-order valence-corrected chi connectivity index (χ2v) is 5.49. The summed E-state index contributed by atoms with van der Waals surface area (Å²) in [7, 11) is -3.66. The summed E-state index contributed by atoms with van der Waals surface area (Å²) in [6.45, 7) is 2.80. The number of aliphatic hydroxyl groups excluding tert-OH is 1. The summed E-state index contributed by atoms with van der Waals surface area (Å²) in [6, 6.07) is 0. The summed E-state index contributed by atoms with van der Waals surface area (Å²) in [5.74, 6) is -0.253. The van der Waals surface area contributed by atoms with Crippen molar-refractivity contribution in [1.29, 1.82) is 0 Å². The lowest BCUT2D eigenvalue weighted by molar-refractivity contribution is 0.122. The largest absolute Gasteiger partial charge is 0.373 e. The summed E-state index contributed by atoms with van der Waals surface area (Å²) in [5, 5.41) is 9.29. The fourth-order valence-corrected chi connectivity index (χ4v) is 1.28. The highest BCUT2D eigenvalue weighted by molar-refractivity contribution is 7.85. The highest BCUT2D eigenvalue weighted by Gasteiger charge is 2.13. The molecule has 20 heavy (non-hydrogen) atoms. The van der Waals surface area contributed by atoms with Gasteiger partial charge in [-0.3, -0.25) is 13.9 Å². The van der Waals surface area contributed by atoms with E-state index in [1.165, 1.54) is 20.2 Å². The molecule has 0 bridgehead atoms. The van der Waals surface area contributed by atoms with E-state index in [4.69, 9.17) is 10.3 Å². The molecular weight excluding hydrogens is 290 g/mol. The zero-order chi connectivity index (χ0) is 15.5. The van der Waals surface area contributed by atoms with Crippen molar-refractivity contribution in [2.24, 2.45) is 0 Å². The van der Waals surface area contributed by atoms with Crippen LogP contribution in [0.3, 0.4) is 0 Å². The van der Waals surface area contributed by atoms with E-state index >= 15 is 0 Å². The Morgan fingerprint density at radius 3 is 2.55 bits per heavy atom. The predicted molar refractivity (Wildman–Crippen MR) is 71.6 cm³/mol. The smallest absolute Gasteiger partial charge is 0.283 e. The Labute approximate surface area is 114 Å². The van der Waals surface area contributed by atoms with Crippen molar-refractivity contribution >= 4 is 27.2 Å². The molecule has 0 saturated carbocycles. The molecule has 0 aliphatic rings. The van der Waals surface area contributed by atoms with Crippen LogP contribution in [-0.4, -0.2) is 43.3 Å². The van der Waals surface area contributed by atoms with Gasteiger partial charge in [-0.25, -0.2) is 4.98 Å². The molecule has 10 nitrogen and oxygen atoms in total. The lowest BCUT2D eigenvalue weighted by Gasteiger charge is -2.10. The zero-order valence-corrected chi connectivity index (χ0v) is 11.6. The van der Waals surface area contributed by atoms with Gasteiger partial charge in [0, 0.05) is 0 Å². The highest BCUT2D eigenvalue weighted by atomic mass is 32.2. The van der Waals surface area contributed by atoms with Crippen LogP contribution in [0.15, 0.2) is 11.1 Å². The number of H-pyrrole nitrogens is 1. The maximum Gasteiger partial charge on any atom is 0.283 e. The number of aromatic nitrogens is 4. The second-order valence-electron chi connectivity index (χ2n) is 3.75. The minimum absolute atomic E-state index is 0.0513. The van der Waals surface area contributed by atoms with Gasteiger partial charge in [-0.15, -0.1) is 0 Å². The van der Waals surface area contributed by atoms with E-state index in [0.29, 0.717) is 0 Å².